The number of sulfonamides is 1. The Hall–Kier alpha value is -3.91. The van der Waals surface area contributed by atoms with Crippen molar-refractivity contribution < 1.29 is 41.4 Å². The van der Waals surface area contributed by atoms with E-state index >= 15 is 0 Å². The molecule has 2 heterocycles. The second-order valence-electron chi connectivity index (χ2n) is 9.18. The van der Waals surface area contributed by atoms with E-state index in [9.17, 15) is 27.2 Å². The maximum absolute atomic E-state index is 14.4. The number of nitrogens with zero attached hydrogens (tertiary/aromatic N) is 1. The van der Waals surface area contributed by atoms with Crippen molar-refractivity contribution in [2.24, 2.45) is 0 Å². The predicted molar refractivity (Wildman–Crippen MR) is 136 cm³/mol. The molecule has 3 amide bonds. The molecular weight excluding hydrogens is 535 g/mol. The summed E-state index contributed by atoms with van der Waals surface area (Å²) in [5, 5.41) is 5.52. The molecule has 2 aromatic carbocycles. The van der Waals surface area contributed by atoms with Gasteiger partial charge in [0.05, 0.1) is 26.0 Å². The smallest absolute Gasteiger partial charge is 0.258 e. The molecular formula is C25H29FN4O8S. The predicted octanol–water partition coefficient (Wildman–Crippen LogP) is 0.170. The lowest BCUT2D eigenvalue weighted by Crippen LogP contribution is -2.59. The Balaban J connectivity index is 1.64. The van der Waals surface area contributed by atoms with Crippen molar-refractivity contribution in [3.8, 4) is 17.2 Å². The van der Waals surface area contributed by atoms with Crippen LogP contribution in [-0.2, 0) is 26.2 Å². The van der Waals surface area contributed by atoms with Crippen LogP contribution < -0.4 is 29.6 Å². The molecule has 12 nitrogen and oxygen atoms in total. The van der Waals surface area contributed by atoms with Gasteiger partial charge in [-0.1, -0.05) is 0 Å². The third-order valence-electron chi connectivity index (χ3n) is 6.20. The van der Waals surface area contributed by atoms with Crippen molar-refractivity contribution >= 4 is 27.7 Å². The number of likely N-dealkylation sites (tertiary alicyclic amines) is 1. The van der Waals surface area contributed by atoms with Crippen molar-refractivity contribution in [3.63, 3.8) is 0 Å². The Bertz CT molecular complexity index is 1370. The summed E-state index contributed by atoms with van der Waals surface area (Å²) in [7, 11) is -2.16. The Morgan fingerprint density at radius 1 is 1.23 bits per heavy atom. The van der Waals surface area contributed by atoms with Crippen LogP contribution in [-0.4, -0.2) is 82.8 Å². The zero-order valence-electron chi connectivity index (χ0n) is 21.4. The number of carbonyl (C=O) groups excluding carboxylic acids is 3. The summed E-state index contributed by atoms with van der Waals surface area (Å²) in [5.74, 6) is -1.35. The molecule has 3 N–H and O–H groups in total. The Kier molecular flexibility index (Phi) is 8.55. The van der Waals surface area contributed by atoms with Crippen molar-refractivity contribution in [2.75, 3.05) is 39.6 Å². The number of nitrogens with one attached hydrogen (secondary N) is 3. The van der Waals surface area contributed by atoms with Crippen LogP contribution >= 0.6 is 0 Å². The molecule has 4 bridgehead atoms. The average Bonchev–Trinajstić information content (AvgIpc) is 2.88. The lowest BCUT2D eigenvalue weighted by molar-refractivity contribution is -0.132. The van der Waals surface area contributed by atoms with Crippen molar-refractivity contribution in [3.05, 3.63) is 53.3 Å². The molecule has 4 rings (SSSR count). The van der Waals surface area contributed by atoms with Crippen molar-refractivity contribution in [1.82, 2.24) is 20.3 Å². The molecule has 0 aromatic heterocycles. The van der Waals surface area contributed by atoms with E-state index in [0.717, 1.165) is 6.26 Å². The molecule has 39 heavy (non-hydrogen) atoms. The minimum atomic E-state index is -3.58. The highest BCUT2D eigenvalue weighted by atomic mass is 32.2. The fraction of sp³-hybridized carbons (Fsp3) is 0.400. The van der Waals surface area contributed by atoms with Gasteiger partial charge in [-0.25, -0.2) is 17.5 Å². The summed E-state index contributed by atoms with van der Waals surface area (Å²) in [6.45, 7) is -0.529. The molecule has 2 aromatic rings. The van der Waals surface area contributed by atoms with E-state index in [4.69, 9.17) is 14.2 Å². The number of hydrogen-bond donors (Lipinski definition) is 3. The van der Waals surface area contributed by atoms with Gasteiger partial charge in [0.25, 0.3) is 11.8 Å². The van der Waals surface area contributed by atoms with Crippen LogP contribution in [0.2, 0.25) is 0 Å². The zero-order valence-corrected chi connectivity index (χ0v) is 22.2. The first-order valence-electron chi connectivity index (χ1n) is 12.1. The number of amides is 3. The first-order valence-corrected chi connectivity index (χ1v) is 14.0. The molecule has 0 unspecified atom stereocenters. The van der Waals surface area contributed by atoms with Gasteiger partial charge in [-0.2, -0.15) is 0 Å². The second kappa shape index (κ2) is 11.9. The van der Waals surface area contributed by atoms with E-state index in [0.29, 0.717) is 11.3 Å². The molecule has 0 aliphatic carbocycles. The molecule has 1 saturated heterocycles. The van der Waals surface area contributed by atoms with Crippen LogP contribution in [0, 0.1) is 5.82 Å². The molecule has 2 aliphatic heterocycles. The van der Waals surface area contributed by atoms with Crippen LogP contribution in [0.4, 0.5) is 4.39 Å². The van der Waals surface area contributed by atoms with Crippen LogP contribution in [0.5, 0.6) is 17.2 Å². The molecule has 0 saturated carbocycles. The SMILES string of the molecule is COc1ccc2cc1OCC(=O)NCc1cc(F)cc(c1)O[C@@H]1CCN(C(=O)CNS(C)(=O)=O)C[C@@H]1NC2=O. The van der Waals surface area contributed by atoms with Gasteiger partial charge >= 0.3 is 0 Å². The van der Waals surface area contributed by atoms with E-state index in [1.807, 2.05) is 0 Å². The van der Waals surface area contributed by atoms with E-state index in [1.54, 1.807) is 6.07 Å². The highest BCUT2D eigenvalue weighted by Crippen LogP contribution is 2.29. The Labute approximate surface area is 224 Å². The lowest BCUT2D eigenvalue weighted by Gasteiger charge is -2.39. The third kappa shape index (κ3) is 7.57. The van der Waals surface area contributed by atoms with Crippen LogP contribution in [0.15, 0.2) is 36.4 Å². The van der Waals surface area contributed by atoms with Gasteiger partial charge in [-0.3, -0.25) is 14.4 Å². The maximum atomic E-state index is 14.4. The minimum Gasteiger partial charge on any atom is -0.493 e. The van der Waals surface area contributed by atoms with Gasteiger partial charge in [0.1, 0.15) is 17.7 Å². The monoisotopic (exact) mass is 564 g/mol. The quantitative estimate of drug-likeness (QED) is 0.475. The third-order valence-corrected chi connectivity index (χ3v) is 6.87. The van der Waals surface area contributed by atoms with Crippen LogP contribution in [0.1, 0.15) is 22.3 Å². The van der Waals surface area contributed by atoms with Gasteiger partial charge in [0.2, 0.25) is 15.9 Å². The number of ether oxygens (including phenoxy) is 3. The summed E-state index contributed by atoms with van der Waals surface area (Å²) < 4.78 is 56.4. The highest BCUT2D eigenvalue weighted by molar-refractivity contribution is 7.88. The molecule has 2 aliphatic rings. The molecule has 210 valence electrons. The number of hydrogen-bond acceptors (Lipinski definition) is 8. The topological polar surface area (TPSA) is 152 Å². The van der Waals surface area contributed by atoms with Crippen LogP contribution in [0.3, 0.4) is 0 Å². The number of rotatable bonds is 4. The van der Waals surface area contributed by atoms with E-state index in [-0.39, 0.29) is 49.7 Å². The summed E-state index contributed by atoms with van der Waals surface area (Å²) in [6, 6.07) is 7.79. The number of methoxy groups -OCH3 is 1. The highest BCUT2D eigenvalue weighted by Gasteiger charge is 2.34. The standard InChI is InChI=1S/C25H29FN4O8S/c1-36-21-4-3-16-9-22(21)37-14-23(31)27-11-15-7-17(26)10-18(8-15)38-20-5-6-30(13-19(20)29-25(16)33)24(32)12-28-39(2,34)35/h3-4,7-10,19-20,28H,5-6,11-14H2,1-2H3,(H,27,31)(H,29,33)/t19-,20+/m0/s1. The summed E-state index contributed by atoms with van der Waals surface area (Å²) >= 11 is 0. The van der Waals surface area contributed by atoms with E-state index in [1.165, 1.54) is 42.3 Å². The summed E-state index contributed by atoms with van der Waals surface area (Å²) in [5.41, 5.74) is 0.650. The lowest BCUT2D eigenvalue weighted by atomic mass is 10.0. The molecule has 2 atom stereocenters. The fourth-order valence-corrected chi connectivity index (χ4v) is 4.67. The molecule has 0 radical (unpaired) electrons. The van der Waals surface area contributed by atoms with E-state index in [2.05, 4.69) is 15.4 Å². The Morgan fingerprint density at radius 2 is 2.03 bits per heavy atom. The van der Waals surface area contributed by atoms with Gasteiger partial charge in [-0.05, 0) is 35.9 Å². The summed E-state index contributed by atoms with van der Waals surface area (Å²) in [4.78, 5) is 39.7. The Morgan fingerprint density at radius 3 is 2.77 bits per heavy atom. The number of fused-ring (bicyclic) bond motifs is 5. The maximum Gasteiger partial charge on any atom is 0.258 e. The second-order valence-corrected chi connectivity index (χ2v) is 11.0. The first kappa shape index (κ1) is 28.1. The van der Waals surface area contributed by atoms with E-state index < -0.39 is 52.3 Å². The van der Waals surface area contributed by atoms with Crippen LogP contribution in [0.25, 0.3) is 0 Å². The molecule has 1 fully saturated rings. The first-order chi connectivity index (χ1) is 18.5. The summed E-state index contributed by atoms with van der Waals surface area (Å²) in [6.07, 6.45) is 0.579. The van der Waals surface area contributed by atoms with Gasteiger partial charge < -0.3 is 29.7 Å². The molecule has 14 heteroatoms. The van der Waals surface area contributed by atoms with Crippen molar-refractivity contribution in [2.45, 2.75) is 25.1 Å². The van der Waals surface area contributed by atoms with Crippen molar-refractivity contribution in [1.29, 1.82) is 0 Å². The van der Waals surface area contributed by atoms with Gasteiger partial charge in [-0.15, -0.1) is 0 Å². The number of benzene rings is 2. The minimum absolute atomic E-state index is 0.0218. The van der Waals surface area contributed by atoms with Gasteiger partial charge in [0.15, 0.2) is 18.1 Å². The number of halogens is 1. The fourth-order valence-electron chi connectivity index (χ4n) is 4.28. The molecule has 0 spiro atoms. The zero-order chi connectivity index (χ0) is 28.2. The normalized spacial score (nSPS) is 20.0. The number of piperidine rings is 1. The van der Waals surface area contributed by atoms with Gasteiger partial charge in [0, 0.05) is 37.7 Å². The largest absolute Gasteiger partial charge is 0.493 e. The average molecular weight is 565 g/mol. The number of carbonyl (C=O) groups is 3.